The first-order valence-electron chi connectivity index (χ1n) is 4.45. The van der Waals surface area contributed by atoms with E-state index in [1.54, 1.807) is 0 Å². The van der Waals surface area contributed by atoms with E-state index in [2.05, 4.69) is 10.6 Å². The van der Waals surface area contributed by atoms with Crippen LogP contribution in [-0.2, 0) is 4.79 Å². The fourth-order valence-corrected chi connectivity index (χ4v) is 2.89. The molecule has 0 radical (unpaired) electrons. The van der Waals surface area contributed by atoms with Crippen LogP contribution in [0, 0.1) is 0 Å². The lowest BCUT2D eigenvalue weighted by Crippen LogP contribution is -2.39. The highest BCUT2D eigenvalue weighted by Crippen LogP contribution is 2.18. The SMILES string of the molecule is O=C1CC(NC2CCSC2)CN1. The Morgan fingerprint density at radius 1 is 1.50 bits per heavy atom. The molecule has 4 heteroatoms. The van der Waals surface area contributed by atoms with Gasteiger partial charge >= 0.3 is 0 Å². The van der Waals surface area contributed by atoms with Crippen molar-refractivity contribution in [1.29, 1.82) is 0 Å². The number of carbonyl (C=O) groups excluding carboxylic acids is 1. The average molecular weight is 186 g/mol. The minimum atomic E-state index is 0.193. The van der Waals surface area contributed by atoms with Gasteiger partial charge in [-0.15, -0.1) is 0 Å². The van der Waals surface area contributed by atoms with E-state index in [4.69, 9.17) is 0 Å². The predicted octanol–water partition coefficient (Wildman–Crippen LogP) is -0.0300. The zero-order chi connectivity index (χ0) is 8.39. The molecule has 0 aliphatic carbocycles. The molecule has 0 aromatic heterocycles. The van der Waals surface area contributed by atoms with Crippen LogP contribution in [0.15, 0.2) is 0 Å². The van der Waals surface area contributed by atoms with Crippen molar-refractivity contribution in [3.63, 3.8) is 0 Å². The molecule has 1 amide bonds. The minimum absolute atomic E-state index is 0.193. The molecule has 0 aromatic carbocycles. The largest absolute Gasteiger partial charge is 0.354 e. The third-order valence-electron chi connectivity index (χ3n) is 2.38. The van der Waals surface area contributed by atoms with Crippen molar-refractivity contribution in [2.45, 2.75) is 24.9 Å². The molecule has 2 fully saturated rings. The number of rotatable bonds is 2. The number of nitrogens with one attached hydrogen (secondary N) is 2. The molecule has 0 bridgehead atoms. The van der Waals surface area contributed by atoms with Gasteiger partial charge in [0.1, 0.15) is 0 Å². The van der Waals surface area contributed by atoms with Gasteiger partial charge in [-0.3, -0.25) is 4.79 Å². The van der Waals surface area contributed by atoms with E-state index in [0.717, 1.165) is 6.54 Å². The first kappa shape index (κ1) is 8.38. The van der Waals surface area contributed by atoms with Gasteiger partial charge in [-0.25, -0.2) is 0 Å². The molecule has 3 nitrogen and oxygen atoms in total. The van der Waals surface area contributed by atoms with Crippen molar-refractivity contribution in [3.05, 3.63) is 0 Å². The van der Waals surface area contributed by atoms with E-state index in [1.165, 1.54) is 17.9 Å². The number of thioether (sulfide) groups is 1. The van der Waals surface area contributed by atoms with Gasteiger partial charge in [0.2, 0.25) is 5.91 Å². The van der Waals surface area contributed by atoms with Crippen LogP contribution in [0.4, 0.5) is 0 Å². The first-order valence-corrected chi connectivity index (χ1v) is 5.60. The van der Waals surface area contributed by atoms with Gasteiger partial charge in [0.25, 0.3) is 0 Å². The van der Waals surface area contributed by atoms with Crippen LogP contribution in [0.3, 0.4) is 0 Å². The molecular weight excluding hydrogens is 172 g/mol. The van der Waals surface area contributed by atoms with Gasteiger partial charge in [-0.05, 0) is 12.2 Å². The Labute approximate surface area is 76.7 Å². The maximum atomic E-state index is 10.9. The summed E-state index contributed by atoms with van der Waals surface area (Å²) >= 11 is 2.00. The number of hydrogen-bond donors (Lipinski definition) is 2. The molecule has 12 heavy (non-hydrogen) atoms. The number of carbonyl (C=O) groups is 1. The van der Waals surface area contributed by atoms with E-state index in [0.29, 0.717) is 18.5 Å². The highest BCUT2D eigenvalue weighted by molar-refractivity contribution is 7.99. The van der Waals surface area contributed by atoms with E-state index in [1.807, 2.05) is 11.8 Å². The summed E-state index contributed by atoms with van der Waals surface area (Å²) in [5, 5.41) is 6.34. The summed E-state index contributed by atoms with van der Waals surface area (Å²) in [5.41, 5.74) is 0. The van der Waals surface area contributed by atoms with Crippen LogP contribution in [0.5, 0.6) is 0 Å². The van der Waals surface area contributed by atoms with Gasteiger partial charge in [0, 0.05) is 30.8 Å². The summed E-state index contributed by atoms with van der Waals surface area (Å²) in [6.07, 6.45) is 1.93. The fraction of sp³-hybridized carbons (Fsp3) is 0.875. The summed E-state index contributed by atoms with van der Waals surface area (Å²) in [6, 6.07) is 1.04. The van der Waals surface area contributed by atoms with Crippen LogP contribution in [0.2, 0.25) is 0 Å². The lowest BCUT2D eigenvalue weighted by Gasteiger charge is -2.15. The highest BCUT2D eigenvalue weighted by Gasteiger charge is 2.25. The van der Waals surface area contributed by atoms with Gasteiger partial charge in [-0.1, -0.05) is 0 Å². The predicted molar refractivity (Wildman–Crippen MR) is 50.3 cm³/mol. The average Bonchev–Trinajstić information content (AvgIpc) is 2.63. The van der Waals surface area contributed by atoms with Crippen LogP contribution in [0.25, 0.3) is 0 Å². The van der Waals surface area contributed by atoms with E-state index in [9.17, 15) is 4.79 Å². The maximum Gasteiger partial charge on any atom is 0.221 e. The number of amides is 1. The van der Waals surface area contributed by atoms with Crippen LogP contribution >= 0.6 is 11.8 Å². The Hall–Kier alpha value is -0.220. The zero-order valence-electron chi connectivity index (χ0n) is 7.01. The van der Waals surface area contributed by atoms with Gasteiger partial charge in [0.05, 0.1) is 0 Å². The van der Waals surface area contributed by atoms with Gasteiger partial charge < -0.3 is 10.6 Å². The van der Waals surface area contributed by atoms with E-state index >= 15 is 0 Å². The third kappa shape index (κ3) is 1.93. The molecule has 2 atom stereocenters. The topological polar surface area (TPSA) is 41.1 Å². The molecule has 0 saturated carbocycles. The Balaban J connectivity index is 1.75. The molecule has 0 aromatic rings. The summed E-state index contributed by atoms with van der Waals surface area (Å²) in [5.74, 6) is 2.68. The second-order valence-corrected chi connectivity index (χ2v) is 4.58. The Bertz CT molecular complexity index is 180. The summed E-state index contributed by atoms with van der Waals surface area (Å²) in [6.45, 7) is 0.819. The lowest BCUT2D eigenvalue weighted by atomic mass is 10.2. The standard InChI is InChI=1S/C8H14N2OS/c11-8-3-7(4-9-8)10-6-1-2-12-5-6/h6-7,10H,1-5H2,(H,9,11). The van der Waals surface area contributed by atoms with Crippen molar-refractivity contribution in [2.75, 3.05) is 18.1 Å². The number of hydrogen-bond acceptors (Lipinski definition) is 3. The first-order chi connectivity index (χ1) is 5.84. The molecule has 68 valence electrons. The monoisotopic (exact) mass is 186 g/mol. The van der Waals surface area contributed by atoms with Crippen molar-refractivity contribution in [2.24, 2.45) is 0 Å². The molecular formula is C8H14N2OS. The summed E-state index contributed by atoms with van der Waals surface area (Å²) in [4.78, 5) is 10.9. The van der Waals surface area contributed by atoms with Crippen molar-refractivity contribution >= 4 is 17.7 Å². The Morgan fingerprint density at radius 2 is 2.42 bits per heavy atom. The van der Waals surface area contributed by atoms with Crippen LogP contribution in [-0.4, -0.2) is 36.0 Å². The fourth-order valence-electron chi connectivity index (χ4n) is 1.72. The van der Waals surface area contributed by atoms with Gasteiger partial charge in [0.15, 0.2) is 0 Å². The molecule has 2 rings (SSSR count). The molecule has 2 heterocycles. The second kappa shape index (κ2) is 3.66. The molecule has 2 N–H and O–H groups in total. The van der Waals surface area contributed by atoms with E-state index < -0.39 is 0 Å². The zero-order valence-corrected chi connectivity index (χ0v) is 7.82. The summed E-state index contributed by atoms with van der Waals surface area (Å²) < 4.78 is 0. The molecule has 2 aliphatic rings. The molecule has 2 unspecified atom stereocenters. The molecule has 0 spiro atoms. The van der Waals surface area contributed by atoms with Crippen molar-refractivity contribution in [1.82, 2.24) is 10.6 Å². The molecule has 2 aliphatic heterocycles. The van der Waals surface area contributed by atoms with Crippen molar-refractivity contribution < 1.29 is 4.79 Å². The lowest BCUT2D eigenvalue weighted by molar-refractivity contribution is -0.119. The normalized spacial score (nSPS) is 35.5. The summed E-state index contributed by atoms with van der Waals surface area (Å²) in [7, 11) is 0. The van der Waals surface area contributed by atoms with E-state index in [-0.39, 0.29) is 5.91 Å². The van der Waals surface area contributed by atoms with Crippen LogP contribution < -0.4 is 10.6 Å². The minimum Gasteiger partial charge on any atom is -0.354 e. The van der Waals surface area contributed by atoms with Crippen molar-refractivity contribution in [3.8, 4) is 0 Å². The smallest absolute Gasteiger partial charge is 0.221 e. The Kier molecular flexibility index (Phi) is 2.56. The maximum absolute atomic E-state index is 10.9. The highest BCUT2D eigenvalue weighted by atomic mass is 32.2. The van der Waals surface area contributed by atoms with Crippen LogP contribution in [0.1, 0.15) is 12.8 Å². The van der Waals surface area contributed by atoms with Gasteiger partial charge in [-0.2, -0.15) is 11.8 Å². The third-order valence-corrected chi connectivity index (χ3v) is 3.54. The Morgan fingerprint density at radius 3 is 3.00 bits per heavy atom. The quantitative estimate of drug-likeness (QED) is 0.636. The molecule has 2 saturated heterocycles. The second-order valence-electron chi connectivity index (χ2n) is 3.43.